The summed E-state index contributed by atoms with van der Waals surface area (Å²) in [6.45, 7) is 9.81. The minimum Gasteiger partial charge on any atom is -0.369 e. The molecule has 1 aliphatic carbocycles. The van der Waals surface area contributed by atoms with Crippen LogP contribution in [0.3, 0.4) is 0 Å². The molecule has 1 saturated heterocycles. The number of fused-ring (bicyclic) bond motifs is 1. The van der Waals surface area contributed by atoms with E-state index in [0.717, 1.165) is 57.7 Å². The molecule has 2 amide bonds. The summed E-state index contributed by atoms with van der Waals surface area (Å²) in [5.74, 6) is 0. The van der Waals surface area contributed by atoms with Gasteiger partial charge in [0.25, 0.3) is 0 Å². The third kappa shape index (κ3) is 4.56. The maximum Gasteiger partial charge on any atom is 0.319 e. The molecule has 2 aliphatic rings. The number of piperazine rings is 1. The zero-order chi connectivity index (χ0) is 20.2. The lowest BCUT2D eigenvalue weighted by Crippen LogP contribution is -2.46. The first kappa shape index (κ1) is 19.8. The summed E-state index contributed by atoms with van der Waals surface area (Å²) >= 11 is 0. The van der Waals surface area contributed by atoms with Crippen molar-refractivity contribution in [2.45, 2.75) is 39.2 Å². The van der Waals surface area contributed by atoms with E-state index in [1.165, 1.54) is 22.4 Å². The summed E-state index contributed by atoms with van der Waals surface area (Å²) in [7, 11) is 0. The Morgan fingerprint density at radius 2 is 1.90 bits per heavy atom. The zero-order valence-corrected chi connectivity index (χ0v) is 17.6. The monoisotopic (exact) mass is 392 g/mol. The van der Waals surface area contributed by atoms with Gasteiger partial charge in [0.15, 0.2) is 0 Å². The molecule has 2 aromatic carbocycles. The van der Waals surface area contributed by atoms with Crippen LogP contribution in [0, 0.1) is 6.92 Å². The molecule has 5 nitrogen and oxygen atoms in total. The number of amides is 2. The van der Waals surface area contributed by atoms with Crippen LogP contribution in [0.15, 0.2) is 42.5 Å². The summed E-state index contributed by atoms with van der Waals surface area (Å²) in [4.78, 5) is 17.5. The van der Waals surface area contributed by atoms with Gasteiger partial charge < -0.3 is 20.4 Å². The first-order valence-electron chi connectivity index (χ1n) is 10.9. The van der Waals surface area contributed by atoms with Gasteiger partial charge in [-0.15, -0.1) is 0 Å². The molecule has 1 aliphatic heterocycles. The van der Waals surface area contributed by atoms with E-state index in [1.54, 1.807) is 0 Å². The second-order valence-corrected chi connectivity index (χ2v) is 8.16. The summed E-state index contributed by atoms with van der Waals surface area (Å²) in [5, 5.41) is 6.20. The maximum atomic E-state index is 12.6. The fraction of sp³-hybridized carbons (Fsp3) is 0.458. The lowest BCUT2D eigenvalue weighted by atomic mass is 9.88. The fourth-order valence-electron chi connectivity index (χ4n) is 4.62. The second-order valence-electron chi connectivity index (χ2n) is 8.16. The van der Waals surface area contributed by atoms with Crippen LogP contribution in [0.4, 0.5) is 16.2 Å². The first-order valence-corrected chi connectivity index (χ1v) is 10.9. The van der Waals surface area contributed by atoms with Crippen molar-refractivity contribution >= 4 is 17.4 Å². The Hall–Kier alpha value is -2.53. The highest BCUT2D eigenvalue weighted by molar-refractivity contribution is 5.90. The lowest BCUT2D eigenvalue weighted by Gasteiger charge is -2.36. The molecular weight excluding hydrogens is 360 g/mol. The van der Waals surface area contributed by atoms with Crippen molar-refractivity contribution in [2.24, 2.45) is 0 Å². The number of nitrogens with one attached hydrogen (secondary N) is 2. The topological polar surface area (TPSA) is 47.6 Å². The quantitative estimate of drug-likeness (QED) is 0.814. The number of rotatable bonds is 4. The van der Waals surface area contributed by atoms with Gasteiger partial charge in [0, 0.05) is 37.6 Å². The van der Waals surface area contributed by atoms with E-state index in [4.69, 9.17) is 0 Å². The molecule has 4 rings (SSSR count). The number of carbonyl (C=O) groups excluding carboxylic acids is 1. The Bertz CT molecular complexity index is 858. The van der Waals surface area contributed by atoms with E-state index < -0.39 is 0 Å². The van der Waals surface area contributed by atoms with Crippen LogP contribution in [0.1, 0.15) is 42.5 Å². The van der Waals surface area contributed by atoms with Crippen LogP contribution in [0.25, 0.3) is 0 Å². The van der Waals surface area contributed by atoms with Crippen LogP contribution in [0.2, 0.25) is 0 Å². The summed E-state index contributed by atoms with van der Waals surface area (Å²) in [6, 6.07) is 14.6. The minimum atomic E-state index is -0.129. The number of benzene rings is 2. The summed E-state index contributed by atoms with van der Waals surface area (Å²) < 4.78 is 0. The first-order chi connectivity index (χ1) is 14.1. The van der Waals surface area contributed by atoms with Crippen LogP contribution >= 0.6 is 0 Å². The molecule has 2 N–H and O–H groups in total. The molecular formula is C24H32N4O. The molecule has 0 spiro atoms. The third-order valence-electron chi connectivity index (χ3n) is 6.29. The molecule has 5 heteroatoms. The molecule has 1 unspecified atom stereocenters. The number of nitrogens with zero attached hydrogens (tertiary/aromatic N) is 2. The normalized spacial score (nSPS) is 19.5. The van der Waals surface area contributed by atoms with Crippen LogP contribution in [-0.4, -0.2) is 43.7 Å². The van der Waals surface area contributed by atoms with Gasteiger partial charge in [0.2, 0.25) is 0 Å². The third-order valence-corrected chi connectivity index (χ3v) is 6.29. The number of urea groups is 1. The van der Waals surface area contributed by atoms with Crippen molar-refractivity contribution in [3.63, 3.8) is 0 Å². The lowest BCUT2D eigenvalue weighted by molar-refractivity contribution is 0.247. The average molecular weight is 393 g/mol. The van der Waals surface area contributed by atoms with Crippen molar-refractivity contribution in [1.82, 2.24) is 10.2 Å². The number of carbonyl (C=O) groups is 1. The highest BCUT2D eigenvalue weighted by Crippen LogP contribution is 2.30. The van der Waals surface area contributed by atoms with Crippen molar-refractivity contribution < 1.29 is 4.79 Å². The molecule has 2 aromatic rings. The number of anilines is 2. The Morgan fingerprint density at radius 1 is 1.10 bits per heavy atom. The molecule has 1 heterocycles. The number of aryl methyl sites for hydroxylation is 2. The van der Waals surface area contributed by atoms with E-state index in [0.29, 0.717) is 0 Å². The fourth-order valence-corrected chi connectivity index (χ4v) is 4.62. The highest BCUT2D eigenvalue weighted by atomic mass is 16.2. The Labute approximate surface area is 174 Å². The van der Waals surface area contributed by atoms with E-state index in [2.05, 4.69) is 70.7 Å². The predicted molar refractivity (Wildman–Crippen MR) is 120 cm³/mol. The van der Waals surface area contributed by atoms with Gasteiger partial charge in [0.05, 0.1) is 6.04 Å². The maximum absolute atomic E-state index is 12.6. The van der Waals surface area contributed by atoms with Gasteiger partial charge in [-0.3, -0.25) is 0 Å². The molecule has 1 atom stereocenters. The molecule has 0 bridgehead atoms. The standard InChI is InChI=1S/C24H32N4O/c1-3-27-13-15-28(16-14-27)23-12-11-20(17-18(23)2)25-24(29)26-22-10-6-8-19-7-4-5-9-21(19)22/h4-5,7,9,11-12,17,22H,3,6,8,10,13-16H2,1-2H3,(H2,25,26,29). The van der Waals surface area contributed by atoms with Gasteiger partial charge in [-0.1, -0.05) is 31.2 Å². The zero-order valence-electron chi connectivity index (χ0n) is 17.6. The van der Waals surface area contributed by atoms with Crippen LogP contribution in [-0.2, 0) is 6.42 Å². The average Bonchev–Trinajstić information content (AvgIpc) is 2.74. The molecule has 29 heavy (non-hydrogen) atoms. The largest absolute Gasteiger partial charge is 0.369 e. The van der Waals surface area contributed by atoms with E-state index in [9.17, 15) is 4.79 Å². The van der Waals surface area contributed by atoms with Crippen LogP contribution < -0.4 is 15.5 Å². The number of likely N-dealkylation sites (N-methyl/N-ethyl adjacent to an activating group) is 1. The minimum absolute atomic E-state index is 0.0928. The Kier molecular flexibility index (Phi) is 6.05. The summed E-state index contributed by atoms with van der Waals surface area (Å²) in [6.07, 6.45) is 3.20. The molecule has 0 radical (unpaired) electrons. The van der Waals surface area contributed by atoms with Gasteiger partial charge in [-0.2, -0.15) is 0 Å². The smallest absolute Gasteiger partial charge is 0.319 e. The van der Waals surface area contributed by atoms with Gasteiger partial charge in [-0.25, -0.2) is 4.79 Å². The van der Waals surface area contributed by atoms with E-state index in [1.807, 2.05) is 6.07 Å². The molecule has 154 valence electrons. The van der Waals surface area contributed by atoms with Crippen molar-refractivity contribution in [1.29, 1.82) is 0 Å². The Balaban J connectivity index is 1.38. The van der Waals surface area contributed by atoms with E-state index in [-0.39, 0.29) is 12.1 Å². The Morgan fingerprint density at radius 3 is 2.66 bits per heavy atom. The van der Waals surface area contributed by atoms with E-state index >= 15 is 0 Å². The molecule has 1 fully saturated rings. The van der Waals surface area contributed by atoms with Crippen molar-refractivity contribution in [3.05, 3.63) is 59.2 Å². The number of hydrogen-bond acceptors (Lipinski definition) is 3. The van der Waals surface area contributed by atoms with Crippen molar-refractivity contribution in [3.8, 4) is 0 Å². The predicted octanol–water partition coefficient (Wildman–Crippen LogP) is 4.34. The number of hydrogen-bond donors (Lipinski definition) is 2. The SMILES string of the molecule is CCN1CCN(c2ccc(NC(=O)NC3CCCc4ccccc43)cc2C)CC1. The van der Waals surface area contributed by atoms with Gasteiger partial charge in [0.1, 0.15) is 0 Å². The van der Waals surface area contributed by atoms with Gasteiger partial charge in [-0.05, 0) is 67.6 Å². The summed E-state index contributed by atoms with van der Waals surface area (Å²) in [5.41, 5.74) is 5.93. The second kappa shape index (κ2) is 8.87. The molecule has 0 saturated carbocycles. The van der Waals surface area contributed by atoms with Gasteiger partial charge >= 0.3 is 6.03 Å². The highest BCUT2D eigenvalue weighted by Gasteiger charge is 2.22. The molecule has 0 aromatic heterocycles. The van der Waals surface area contributed by atoms with Crippen LogP contribution in [0.5, 0.6) is 0 Å². The van der Waals surface area contributed by atoms with Crippen molar-refractivity contribution in [2.75, 3.05) is 42.9 Å².